The summed E-state index contributed by atoms with van der Waals surface area (Å²) in [4.78, 5) is 32.0. The molecule has 0 saturated heterocycles. The fraction of sp³-hybridized carbons (Fsp3) is 0.150. The van der Waals surface area contributed by atoms with E-state index in [9.17, 15) is 14.9 Å². The van der Waals surface area contributed by atoms with Gasteiger partial charge in [0.2, 0.25) is 5.91 Å². The van der Waals surface area contributed by atoms with E-state index in [1.165, 1.54) is 23.9 Å². The maximum Gasteiger partial charge on any atom is 0.292 e. The van der Waals surface area contributed by atoms with Gasteiger partial charge in [0.15, 0.2) is 5.16 Å². The number of nitrogens with zero attached hydrogens (tertiary/aromatic N) is 3. The van der Waals surface area contributed by atoms with Gasteiger partial charge in [-0.15, -0.1) is 0 Å². The lowest BCUT2D eigenvalue weighted by Crippen LogP contribution is -2.23. The Labute approximate surface area is 166 Å². The molecule has 1 N–H and O–H groups in total. The maximum absolute atomic E-state index is 12.5. The maximum atomic E-state index is 12.5. The van der Waals surface area contributed by atoms with Crippen molar-refractivity contribution >= 4 is 29.0 Å². The number of carbonyl (C=O) groups excluding carboxylic acids is 1. The van der Waals surface area contributed by atoms with E-state index in [2.05, 4.69) is 15.3 Å². The number of hydrogen-bond donors (Lipinski definition) is 1. The Hall–Kier alpha value is -3.26. The van der Waals surface area contributed by atoms with Crippen LogP contribution in [-0.4, -0.2) is 26.0 Å². The minimum Gasteiger partial charge on any atom is -0.319 e. The Morgan fingerprint density at radius 2 is 1.79 bits per heavy atom. The summed E-state index contributed by atoms with van der Waals surface area (Å²) in [7, 11) is 0. The van der Waals surface area contributed by atoms with Crippen molar-refractivity contribution in [1.29, 1.82) is 0 Å². The molecule has 0 aliphatic carbocycles. The van der Waals surface area contributed by atoms with Crippen molar-refractivity contribution in [2.24, 2.45) is 0 Å². The number of amides is 1. The van der Waals surface area contributed by atoms with E-state index < -0.39 is 10.2 Å². The second-order valence-electron chi connectivity index (χ2n) is 6.07. The topological polar surface area (TPSA) is 98.0 Å². The Morgan fingerprint density at radius 3 is 2.50 bits per heavy atom. The van der Waals surface area contributed by atoms with E-state index in [4.69, 9.17) is 0 Å². The van der Waals surface area contributed by atoms with E-state index in [1.54, 1.807) is 19.1 Å². The quantitative estimate of drug-likeness (QED) is 0.286. The fourth-order valence-corrected chi connectivity index (χ4v) is 3.37. The van der Waals surface area contributed by atoms with Gasteiger partial charge in [-0.3, -0.25) is 14.9 Å². The number of hydrogen-bond acceptors (Lipinski definition) is 6. The van der Waals surface area contributed by atoms with Crippen molar-refractivity contribution in [3.8, 4) is 11.3 Å². The minimum absolute atomic E-state index is 0.147. The number of nitro groups is 1. The van der Waals surface area contributed by atoms with Crippen LogP contribution in [-0.2, 0) is 4.79 Å². The normalized spacial score (nSPS) is 11.6. The highest BCUT2D eigenvalue weighted by Gasteiger charge is 2.21. The number of para-hydroxylation sites is 2. The molecule has 0 saturated carbocycles. The predicted molar refractivity (Wildman–Crippen MR) is 109 cm³/mol. The first kappa shape index (κ1) is 19.5. The molecule has 0 spiro atoms. The van der Waals surface area contributed by atoms with E-state index in [1.807, 2.05) is 43.3 Å². The first-order valence-corrected chi connectivity index (χ1v) is 9.44. The smallest absolute Gasteiger partial charge is 0.292 e. The minimum atomic E-state index is -0.537. The highest BCUT2D eigenvalue weighted by atomic mass is 32.2. The van der Waals surface area contributed by atoms with Gasteiger partial charge in [0, 0.05) is 17.3 Å². The number of anilines is 1. The molecule has 2 aromatic carbocycles. The Morgan fingerprint density at radius 1 is 1.11 bits per heavy atom. The van der Waals surface area contributed by atoms with Gasteiger partial charge in [-0.05, 0) is 26.0 Å². The molecule has 0 aliphatic heterocycles. The van der Waals surface area contributed by atoms with Crippen LogP contribution >= 0.6 is 11.8 Å². The molecule has 3 rings (SSSR count). The molecular weight excluding hydrogens is 376 g/mol. The highest BCUT2D eigenvalue weighted by molar-refractivity contribution is 8.00. The second kappa shape index (κ2) is 8.62. The predicted octanol–water partition coefficient (Wildman–Crippen LogP) is 4.48. The van der Waals surface area contributed by atoms with Crippen LogP contribution in [0.25, 0.3) is 11.3 Å². The third-order valence-electron chi connectivity index (χ3n) is 3.91. The van der Waals surface area contributed by atoms with Crippen molar-refractivity contribution in [2.75, 3.05) is 5.32 Å². The summed E-state index contributed by atoms with van der Waals surface area (Å²) >= 11 is 1.20. The standard InChI is InChI=1S/C20H18N4O3S/c1-13-12-17(15-8-4-3-5-9-15)23-20(21-13)28-14(2)19(25)22-16-10-6-7-11-18(16)24(26)27/h3-12,14H,1-2H3,(H,22,25)/t14-/m0/s1. The van der Waals surface area contributed by atoms with Crippen molar-refractivity contribution in [1.82, 2.24) is 9.97 Å². The number of nitro benzene ring substituents is 1. The van der Waals surface area contributed by atoms with Crippen molar-refractivity contribution < 1.29 is 9.72 Å². The molecule has 7 nitrogen and oxygen atoms in total. The third-order valence-corrected chi connectivity index (χ3v) is 4.87. The van der Waals surface area contributed by atoms with E-state index in [-0.39, 0.29) is 17.3 Å². The lowest BCUT2D eigenvalue weighted by atomic mass is 10.1. The van der Waals surface area contributed by atoms with Gasteiger partial charge in [-0.1, -0.05) is 54.2 Å². The molecule has 3 aromatic rings. The lowest BCUT2D eigenvalue weighted by molar-refractivity contribution is -0.383. The number of rotatable bonds is 6. The van der Waals surface area contributed by atoms with E-state index in [0.717, 1.165) is 17.0 Å². The molecule has 1 amide bonds. The molecular formula is C20H18N4O3S. The van der Waals surface area contributed by atoms with Gasteiger partial charge in [-0.25, -0.2) is 9.97 Å². The zero-order chi connectivity index (χ0) is 20.1. The molecule has 28 heavy (non-hydrogen) atoms. The molecule has 8 heteroatoms. The number of carbonyl (C=O) groups is 1. The summed E-state index contributed by atoms with van der Waals surface area (Å²) in [6.07, 6.45) is 0. The average Bonchev–Trinajstić information content (AvgIpc) is 2.68. The number of aryl methyl sites for hydroxylation is 1. The van der Waals surface area contributed by atoms with Crippen LogP contribution in [0.5, 0.6) is 0 Å². The van der Waals surface area contributed by atoms with Crippen LogP contribution < -0.4 is 5.32 Å². The summed E-state index contributed by atoms with van der Waals surface area (Å²) < 4.78 is 0. The average molecular weight is 394 g/mol. The Balaban J connectivity index is 1.76. The number of nitrogens with one attached hydrogen (secondary N) is 1. The van der Waals surface area contributed by atoms with Gasteiger partial charge >= 0.3 is 0 Å². The van der Waals surface area contributed by atoms with Crippen LogP contribution in [0.15, 0.2) is 65.8 Å². The number of thioether (sulfide) groups is 1. The zero-order valence-corrected chi connectivity index (χ0v) is 16.1. The van der Waals surface area contributed by atoms with Crippen molar-refractivity contribution in [3.63, 3.8) is 0 Å². The van der Waals surface area contributed by atoms with Crippen LogP contribution in [0.3, 0.4) is 0 Å². The Kier molecular flexibility index (Phi) is 6.00. The molecule has 1 aromatic heterocycles. The molecule has 0 radical (unpaired) electrons. The molecule has 1 heterocycles. The van der Waals surface area contributed by atoms with Crippen LogP contribution in [0.1, 0.15) is 12.6 Å². The first-order valence-electron chi connectivity index (χ1n) is 8.56. The summed E-state index contributed by atoms with van der Waals surface area (Å²) in [5.41, 5.74) is 2.56. The van der Waals surface area contributed by atoms with Crippen LogP contribution in [0.2, 0.25) is 0 Å². The Bertz CT molecular complexity index is 1010. The first-order chi connectivity index (χ1) is 13.4. The molecule has 0 aliphatic rings. The van der Waals surface area contributed by atoms with Crippen molar-refractivity contribution in [2.45, 2.75) is 24.3 Å². The molecule has 0 fully saturated rings. The summed E-state index contributed by atoms with van der Waals surface area (Å²) in [6, 6.07) is 17.6. The number of aromatic nitrogens is 2. The highest BCUT2D eigenvalue weighted by Crippen LogP contribution is 2.27. The van der Waals surface area contributed by atoms with Gasteiger partial charge in [0.25, 0.3) is 5.69 Å². The summed E-state index contributed by atoms with van der Waals surface area (Å²) in [5.74, 6) is -0.356. The zero-order valence-electron chi connectivity index (χ0n) is 15.3. The SMILES string of the molecule is Cc1cc(-c2ccccc2)nc(S[C@@H](C)C(=O)Nc2ccccc2[N+](=O)[O-])n1. The van der Waals surface area contributed by atoms with Crippen LogP contribution in [0, 0.1) is 17.0 Å². The monoisotopic (exact) mass is 394 g/mol. The molecule has 0 unspecified atom stereocenters. The van der Waals surface area contributed by atoms with E-state index >= 15 is 0 Å². The summed E-state index contributed by atoms with van der Waals surface area (Å²) in [6.45, 7) is 3.58. The van der Waals surface area contributed by atoms with Gasteiger partial charge in [-0.2, -0.15) is 0 Å². The van der Waals surface area contributed by atoms with Gasteiger partial charge in [0.05, 0.1) is 15.9 Å². The molecule has 0 bridgehead atoms. The fourth-order valence-electron chi connectivity index (χ4n) is 2.54. The van der Waals surface area contributed by atoms with Gasteiger partial charge < -0.3 is 5.32 Å². The van der Waals surface area contributed by atoms with E-state index in [0.29, 0.717) is 5.16 Å². The molecule has 1 atom stereocenters. The molecule has 142 valence electrons. The van der Waals surface area contributed by atoms with Crippen molar-refractivity contribution in [3.05, 3.63) is 76.5 Å². The second-order valence-corrected chi connectivity index (χ2v) is 7.37. The van der Waals surface area contributed by atoms with Gasteiger partial charge in [0.1, 0.15) is 5.69 Å². The summed E-state index contributed by atoms with van der Waals surface area (Å²) in [5, 5.41) is 13.7. The number of benzene rings is 2. The third kappa shape index (κ3) is 4.72. The van der Waals surface area contributed by atoms with Crippen LogP contribution in [0.4, 0.5) is 11.4 Å². The lowest BCUT2D eigenvalue weighted by Gasteiger charge is -2.12. The largest absolute Gasteiger partial charge is 0.319 e.